The molecule has 0 spiro atoms. The molecule has 0 saturated carbocycles. The molecule has 1 aromatic carbocycles. The van der Waals surface area contributed by atoms with Crippen LogP contribution in [0, 0.1) is 0 Å². The Morgan fingerprint density at radius 1 is 1.21 bits per heavy atom. The van der Waals surface area contributed by atoms with Crippen molar-refractivity contribution in [1.29, 1.82) is 0 Å². The van der Waals surface area contributed by atoms with Crippen LogP contribution in [0.2, 0.25) is 0 Å². The van der Waals surface area contributed by atoms with Crippen molar-refractivity contribution in [2.75, 3.05) is 20.1 Å². The van der Waals surface area contributed by atoms with Gasteiger partial charge >= 0.3 is 18.2 Å². The number of amides is 4. The van der Waals surface area contributed by atoms with E-state index in [9.17, 15) is 14.4 Å². The Bertz CT molecular complexity index is 1050. The summed E-state index contributed by atoms with van der Waals surface area (Å²) in [7, 11) is 1.51. The third-order valence-electron chi connectivity index (χ3n) is 5.38. The fraction of sp³-hybridized carbons (Fsp3) is 0.455. The van der Waals surface area contributed by atoms with E-state index in [1.165, 1.54) is 16.8 Å². The zero-order valence-electron chi connectivity index (χ0n) is 19.1. The summed E-state index contributed by atoms with van der Waals surface area (Å²) < 4.78 is 6.52. The summed E-state index contributed by atoms with van der Waals surface area (Å²) in [5, 5.41) is 11.0. The number of hydrogen-bond donors (Lipinski definition) is 2. The number of carbonyl (C=O) groups excluding carboxylic acids is 3. The number of ether oxygens (including phenoxy) is 1. The fourth-order valence-corrected chi connectivity index (χ4v) is 3.93. The summed E-state index contributed by atoms with van der Waals surface area (Å²) in [5.41, 5.74) is 1.50. The molecule has 1 fully saturated rings. The van der Waals surface area contributed by atoms with Gasteiger partial charge in [0, 0.05) is 25.4 Å². The molecule has 2 N–H and O–H groups in total. The summed E-state index contributed by atoms with van der Waals surface area (Å²) >= 11 is 0. The Morgan fingerprint density at radius 3 is 2.61 bits per heavy atom. The van der Waals surface area contributed by atoms with E-state index in [1.807, 2.05) is 30.3 Å². The minimum Gasteiger partial charge on any atom is -0.444 e. The summed E-state index contributed by atoms with van der Waals surface area (Å²) in [6.07, 6.45) is 1.01. The summed E-state index contributed by atoms with van der Waals surface area (Å²) in [5.74, 6) is 0. The lowest BCUT2D eigenvalue weighted by molar-refractivity contribution is -0.141. The number of hydroxylamine groups is 2. The smallest absolute Gasteiger partial charge is 0.407 e. The molecule has 2 aromatic rings. The average Bonchev–Trinajstić information content (AvgIpc) is 3.33. The second-order valence-corrected chi connectivity index (χ2v) is 8.90. The maximum absolute atomic E-state index is 13.2. The second kappa shape index (κ2) is 8.74. The molecule has 0 radical (unpaired) electrons. The van der Waals surface area contributed by atoms with E-state index in [2.05, 4.69) is 15.7 Å². The first kappa shape index (κ1) is 22.6. The normalized spacial score (nSPS) is 19.3. The number of alkyl carbamates (subject to hydrolysis) is 1. The van der Waals surface area contributed by atoms with Gasteiger partial charge in [0.15, 0.2) is 0 Å². The first-order valence-corrected chi connectivity index (χ1v) is 10.7. The average molecular weight is 457 g/mol. The highest BCUT2D eigenvalue weighted by atomic mass is 16.7. The van der Waals surface area contributed by atoms with Crippen LogP contribution in [-0.4, -0.2) is 63.6 Å². The maximum atomic E-state index is 13.2. The number of aromatic nitrogens is 2. The van der Waals surface area contributed by atoms with Crippen LogP contribution < -0.4 is 10.6 Å². The first-order chi connectivity index (χ1) is 15.7. The highest BCUT2D eigenvalue weighted by Gasteiger charge is 2.50. The van der Waals surface area contributed by atoms with Crippen LogP contribution in [0.5, 0.6) is 0 Å². The van der Waals surface area contributed by atoms with Gasteiger partial charge in [0.25, 0.3) is 0 Å². The van der Waals surface area contributed by atoms with Crippen molar-refractivity contribution >= 4 is 18.2 Å². The van der Waals surface area contributed by atoms with Gasteiger partial charge in [-0.15, -0.1) is 0 Å². The molecule has 2 aliphatic rings. The standard InChI is InChI=1S/C22H28N6O5/c1-22(2,3)33-20(30)24-10-16-18-15(11-27(25-18)19(29)23-4)17-12-26(16)21(31)28(17)32-13-14-8-6-5-7-9-14/h5-9,11,16-17H,10,12-13H2,1-4H3,(H,23,29)(H,24,30)/t16-,17-/m1/s1. The van der Waals surface area contributed by atoms with E-state index in [0.29, 0.717) is 17.8 Å². The van der Waals surface area contributed by atoms with Crippen LogP contribution in [0.4, 0.5) is 14.4 Å². The molecule has 1 aromatic heterocycles. The van der Waals surface area contributed by atoms with E-state index in [-0.39, 0.29) is 19.2 Å². The van der Waals surface area contributed by atoms with E-state index in [4.69, 9.17) is 9.57 Å². The van der Waals surface area contributed by atoms with Crippen LogP contribution in [0.1, 0.15) is 49.7 Å². The Labute approximate surface area is 191 Å². The number of fused-ring (bicyclic) bond motifs is 4. The van der Waals surface area contributed by atoms with E-state index in [0.717, 1.165) is 5.56 Å². The molecule has 4 rings (SSSR count). The molecule has 2 bridgehead atoms. The molecule has 0 unspecified atom stereocenters. The largest absolute Gasteiger partial charge is 0.444 e. The van der Waals surface area contributed by atoms with E-state index < -0.39 is 29.8 Å². The number of hydrogen-bond acceptors (Lipinski definition) is 6. The van der Waals surface area contributed by atoms with Gasteiger partial charge in [0.05, 0.1) is 18.3 Å². The van der Waals surface area contributed by atoms with Crippen molar-refractivity contribution in [2.24, 2.45) is 0 Å². The van der Waals surface area contributed by atoms with E-state index >= 15 is 0 Å². The lowest BCUT2D eigenvalue weighted by Gasteiger charge is -2.30. The highest BCUT2D eigenvalue weighted by molar-refractivity contribution is 5.79. The summed E-state index contributed by atoms with van der Waals surface area (Å²) in [6, 6.07) is 7.80. The molecule has 11 heteroatoms. The quantitative estimate of drug-likeness (QED) is 0.714. The van der Waals surface area contributed by atoms with Crippen LogP contribution in [0.15, 0.2) is 36.5 Å². The molecule has 33 heavy (non-hydrogen) atoms. The lowest BCUT2D eigenvalue weighted by atomic mass is 9.98. The molecule has 3 heterocycles. The zero-order chi connectivity index (χ0) is 23.8. The zero-order valence-corrected chi connectivity index (χ0v) is 19.1. The molecule has 2 atom stereocenters. The molecule has 4 amide bonds. The van der Waals surface area contributed by atoms with Crippen molar-refractivity contribution in [2.45, 2.75) is 45.1 Å². The van der Waals surface area contributed by atoms with Gasteiger partial charge in [0.1, 0.15) is 18.2 Å². The number of nitrogens with one attached hydrogen (secondary N) is 2. The van der Waals surface area contributed by atoms with Crippen molar-refractivity contribution in [3.8, 4) is 0 Å². The van der Waals surface area contributed by atoms with Crippen LogP contribution in [0.3, 0.4) is 0 Å². The van der Waals surface area contributed by atoms with Gasteiger partial charge in [0.2, 0.25) is 0 Å². The van der Waals surface area contributed by atoms with Gasteiger partial charge in [-0.2, -0.15) is 14.8 Å². The van der Waals surface area contributed by atoms with Gasteiger partial charge in [-0.25, -0.2) is 14.4 Å². The minimum absolute atomic E-state index is 0.0810. The summed E-state index contributed by atoms with van der Waals surface area (Å²) in [4.78, 5) is 45.1. The SMILES string of the molecule is CNC(=O)n1cc2c(n1)[C@@H](CNC(=O)OC(C)(C)C)N1C[C@H]2N(OCc2ccccc2)C1=O. The Morgan fingerprint density at radius 2 is 1.94 bits per heavy atom. The number of urea groups is 1. The topological polar surface area (TPSA) is 118 Å². The van der Waals surface area contributed by atoms with Crippen molar-refractivity contribution in [3.63, 3.8) is 0 Å². The first-order valence-electron chi connectivity index (χ1n) is 10.7. The second-order valence-electron chi connectivity index (χ2n) is 8.90. The molecule has 1 saturated heterocycles. The van der Waals surface area contributed by atoms with Crippen molar-refractivity contribution in [1.82, 2.24) is 30.4 Å². The minimum atomic E-state index is -0.654. The predicted octanol–water partition coefficient (Wildman–Crippen LogP) is 2.56. The van der Waals surface area contributed by atoms with Gasteiger partial charge in [-0.05, 0) is 26.3 Å². The third-order valence-corrected chi connectivity index (χ3v) is 5.38. The monoisotopic (exact) mass is 456 g/mol. The molecular weight excluding hydrogens is 428 g/mol. The lowest BCUT2D eigenvalue weighted by Crippen LogP contribution is -2.42. The van der Waals surface area contributed by atoms with Crippen molar-refractivity contribution in [3.05, 3.63) is 53.3 Å². The molecule has 176 valence electrons. The van der Waals surface area contributed by atoms with Crippen molar-refractivity contribution < 1.29 is 24.0 Å². The molecular formula is C22H28N6O5. The Balaban J connectivity index is 1.58. The Hall–Kier alpha value is -3.60. The van der Waals surface area contributed by atoms with Crippen LogP contribution in [-0.2, 0) is 16.2 Å². The summed E-state index contributed by atoms with van der Waals surface area (Å²) in [6.45, 7) is 5.96. The highest BCUT2D eigenvalue weighted by Crippen LogP contribution is 2.43. The maximum Gasteiger partial charge on any atom is 0.407 e. The number of nitrogens with zero attached hydrogens (tertiary/aromatic N) is 4. The van der Waals surface area contributed by atoms with E-state index in [1.54, 1.807) is 31.9 Å². The van der Waals surface area contributed by atoms with Gasteiger partial charge < -0.3 is 20.3 Å². The number of carbonyl (C=O) groups is 3. The van der Waals surface area contributed by atoms with Gasteiger partial charge in [-0.1, -0.05) is 30.3 Å². The number of rotatable bonds is 5. The third kappa shape index (κ3) is 4.63. The molecule has 11 nitrogen and oxygen atoms in total. The Kier molecular flexibility index (Phi) is 5.98. The molecule has 0 aliphatic carbocycles. The predicted molar refractivity (Wildman–Crippen MR) is 117 cm³/mol. The van der Waals surface area contributed by atoms with Crippen LogP contribution in [0.25, 0.3) is 0 Å². The fourth-order valence-electron chi connectivity index (χ4n) is 3.93. The van der Waals surface area contributed by atoms with Gasteiger partial charge in [-0.3, -0.25) is 4.84 Å². The number of benzene rings is 1. The molecule has 2 aliphatic heterocycles. The van der Waals surface area contributed by atoms with Crippen LogP contribution >= 0.6 is 0 Å².